The van der Waals surface area contributed by atoms with Crippen molar-refractivity contribution >= 4 is 18.1 Å². The van der Waals surface area contributed by atoms with Crippen molar-refractivity contribution in [3.8, 4) is 5.75 Å². The monoisotopic (exact) mass is 262 g/mol. The number of hydrogen-bond donors (Lipinski definition) is 1. The standard InChI is InChI=1S/C10H11FN2O3.ClH/c11-8(5-6-12)7-16-10-3-1-9(2-4-10)13(14)15;/h1-5H,6-7,12H2;1H/b8-5-;. The summed E-state index contributed by atoms with van der Waals surface area (Å²) in [5.74, 6) is -0.105. The minimum absolute atomic E-state index is 0. The van der Waals surface area contributed by atoms with E-state index in [2.05, 4.69) is 0 Å². The lowest BCUT2D eigenvalue weighted by molar-refractivity contribution is -0.384. The van der Waals surface area contributed by atoms with Gasteiger partial charge in [-0.1, -0.05) is 0 Å². The van der Waals surface area contributed by atoms with E-state index in [0.717, 1.165) is 0 Å². The van der Waals surface area contributed by atoms with Crippen LogP contribution in [-0.4, -0.2) is 18.1 Å². The van der Waals surface area contributed by atoms with Gasteiger partial charge in [0, 0.05) is 18.7 Å². The maximum Gasteiger partial charge on any atom is 0.269 e. The second kappa shape index (κ2) is 7.59. The molecule has 5 nitrogen and oxygen atoms in total. The van der Waals surface area contributed by atoms with Gasteiger partial charge >= 0.3 is 0 Å². The zero-order valence-electron chi connectivity index (χ0n) is 8.84. The minimum atomic E-state index is -0.515. The highest BCUT2D eigenvalue weighted by Crippen LogP contribution is 2.17. The minimum Gasteiger partial charge on any atom is -0.487 e. The first-order valence-corrected chi connectivity index (χ1v) is 4.55. The quantitative estimate of drug-likeness (QED) is 0.652. The van der Waals surface area contributed by atoms with E-state index in [1.165, 1.54) is 30.3 Å². The number of nitro groups is 1. The van der Waals surface area contributed by atoms with E-state index in [1.54, 1.807) is 0 Å². The summed E-state index contributed by atoms with van der Waals surface area (Å²) in [5.41, 5.74) is 5.07. The van der Waals surface area contributed by atoms with Crippen LogP contribution in [0.25, 0.3) is 0 Å². The first-order chi connectivity index (χ1) is 7.63. The predicted octanol–water partition coefficient (Wildman–Crippen LogP) is 2.21. The molecular formula is C10H12ClFN2O3. The van der Waals surface area contributed by atoms with Crippen LogP contribution in [0.3, 0.4) is 0 Å². The maximum absolute atomic E-state index is 12.8. The van der Waals surface area contributed by atoms with Gasteiger partial charge in [-0.25, -0.2) is 4.39 Å². The number of ether oxygens (including phenoxy) is 1. The van der Waals surface area contributed by atoms with Crippen LogP contribution < -0.4 is 10.5 Å². The molecule has 0 amide bonds. The summed E-state index contributed by atoms with van der Waals surface area (Å²) in [5, 5.41) is 10.3. The summed E-state index contributed by atoms with van der Waals surface area (Å²) in [6.07, 6.45) is 1.20. The number of halogens is 2. The summed E-state index contributed by atoms with van der Waals surface area (Å²) in [6.45, 7) is -0.121. The van der Waals surface area contributed by atoms with Crippen LogP contribution in [0.15, 0.2) is 36.2 Å². The van der Waals surface area contributed by atoms with Crippen molar-refractivity contribution in [1.29, 1.82) is 0 Å². The third-order valence-corrected chi connectivity index (χ3v) is 1.76. The smallest absolute Gasteiger partial charge is 0.269 e. The van der Waals surface area contributed by atoms with E-state index < -0.39 is 10.8 Å². The number of non-ortho nitro benzene ring substituents is 1. The van der Waals surface area contributed by atoms with E-state index in [9.17, 15) is 14.5 Å². The molecule has 0 aliphatic rings. The highest BCUT2D eigenvalue weighted by molar-refractivity contribution is 5.85. The molecule has 0 unspecified atom stereocenters. The van der Waals surface area contributed by atoms with Crippen LogP contribution in [0.5, 0.6) is 5.75 Å². The average Bonchev–Trinajstić information content (AvgIpc) is 2.27. The van der Waals surface area contributed by atoms with Gasteiger partial charge in [-0.3, -0.25) is 10.1 Å². The van der Waals surface area contributed by atoms with Crippen LogP contribution in [0.2, 0.25) is 0 Å². The van der Waals surface area contributed by atoms with Gasteiger partial charge in [0.1, 0.15) is 18.2 Å². The molecule has 0 bridgehead atoms. The average molecular weight is 263 g/mol. The SMILES string of the molecule is Cl.NC/C=C(\F)COc1ccc([N+](=O)[O-])cc1. The van der Waals surface area contributed by atoms with Crippen LogP contribution in [0.4, 0.5) is 10.1 Å². The molecule has 0 spiro atoms. The highest BCUT2D eigenvalue weighted by atomic mass is 35.5. The molecule has 17 heavy (non-hydrogen) atoms. The van der Waals surface area contributed by atoms with E-state index in [4.69, 9.17) is 10.5 Å². The Labute approximate surface area is 104 Å². The van der Waals surface area contributed by atoms with Crippen LogP contribution in [-0.2, 0) is 0 Å². The molecule has 0 saturated heterocycles. The zero-order chi connectivity index (χ0) is 12.0. The van der Waals surface area contributed by atoms with Crippen molar-refractivity contribution in [3.63, 3.8) is 0 Å². The fourth-order valence-electron chi connectivity index (χ4n) is 1.00. The van der Waals surface area contributed by atoms with Crippen LogP contribution >= 0.6 is 12.4 Å². The van der Waals surface area contributed by atoms with Gasteiger partial charge in [0.05, 0.1) is 4.92 Å². The summed E-state index contributed by atoms with van der Waals surface area (Å²) in [6, 6.07) is 5.40. The number of nitrogens with two attached hydrogens (primary N) is 1. The Kier molecular flexibility index (Phi) is 6.85. The molecule has 0 atom stereocenters. The Morgan fingerprint density at radius 1 is 1.47 bits per heavy atom. The van der Waals surface area contributed by atoms with Crippen molar-refractivity contribution in [3.05, 3.63) is 46.3 Å². The molecule has 0 aromatic heterocycles. The largest absolute Gasteiger partial charge is 0.487 e. The molecule has 7 heteroatoms. The molecule has 94 valence electrons. The summed E-state index contributed by atoms with van der Waals surface area (Å²) in [4.78, 5) is 9.83. The molecule has 0 radical (unpaired) electrons. The van der Waals surface area contributed by atoms with Gasteiger partial charge in [-0.05, 0) is 18.2 Å². The van der Waals surface area contributed by atoms with E-state index in [-0.39, 0.29) is 31.2 Å². The molecule has 0 fully saturated rings. The fraction of sp³-hybridized carbons (Fsp3) is 0.200. The molecular weight excluding hydrogens is 251 g/mol. The Morgan fingerprint density at radius 2 is 2.06 bits per heavy atom. The molecule has 2 N–H and O–H groups in total. The third-order valence-electron chi connectivity index (χ3n) is 1.76. The molecule has 0 aliphatic heterocycles. The summed E-state index contributed by atoms with van der Waals surface area (Å²) < 4.78 is 17.9. The number of benzene rings is 1. The molecule has 0 aliphatic carbocycles. The Morgan fingerprint density at radius 3 is 2.53 bits per heavy atom. The normalized spacial score (nSPS) is 10.6. The van der Waals surface area contributed by atoms with Gasteiger partial charge in [-0.2, -0.15) is 0 Å². The lowest BCUT2D eigenvalue weighted by Crippen LogP contribution is -2.01. The van der Waals surface area contributed by atoms with Gasteiger partial charge in [0.15, 0.2) is 0 Å². The number of hydrogen-bond acceptors (Lipinski definition) is 4. The first kappa shape index (κ1) is 15.3. The summed E-state index contributed by atoms with van der Waals surface area (Å²) >= 11 is 0. The van der Waals surface area contributed by atoms with Crippen LogP contribution in [0, 0.1) is 10.1 Å². The Bertz CT molecular complexity index is 395. The Hall–Kier alpha value is -1.66. The first-order valence-electron chi connectivity index (χ1n) is 4.55. The van der Waals surface area contributed by atoms with Crippen molar-refractivity contribution in [2.24, 2.45) is 5.73 Å². The molecule has 1 rings (SSSR count). The highest BCUT2D eigenvalue weighted by Gasteiger charge is 2.04. The van der Waals surface area contributed by atoms with Crippen LogP contribution in [0.1, 0.15) is 0 Å². The van der Waals surface area contributed by atoms with Gasteiger partial charge in [0.2, 0.25) is 0 Å². The number of nitro benzene ring substituents is 1. The van der Waals surface area contributed by atoms with Crippen molar-refractivity contribution in [1.82, 2.24) is 0 Å². The second-order valence-corrected chi connectivity index (χ2v) is 2.93. The van der Waals surface area contributed by atoms with E-state index in [1.807, 2.05) is 0 Å². The van der Waals surface area contributed by atoms with Crippen molar-refractivity contribution in [2.45, 2.75) is 0 Å². The second-order valence-electron chi connectivity index (χ2n) is 2.93. The number of rotatable bonds is 5. The van der Waals surface area contributed by atoms with Gasteiger partial charge in [0.25, 0.3) is 5.69 Å². The summed E-state index contributed by atoms with van der Waals surface area (Å²) in [7, 11) is 0. The number of nitrogens with zero attached hydrogens (tertiary/aromatic N) is 1. The van der Waals surface area contributed by atoms with Gasteiger partial charge in [-0.15, -0.1) is 12.4 Å². The van der Waals surface area contributed by atoms with E-state index >= 15 is 0 Å². The van der Waals surface area contributed by atoms with Crippen molar-refractivity contribution in [2.75, 3.05) is 13.2 Å². The molecule has 1 aromatic rings. The zero-order valence-corrected chi connectivity index (χ0v) is 9.65. The topological polar surface area (TPSA) is 78.4 Å². The molecule has 0 saturated carbocycles. The fourth-order valence-corrected chi connectivity index (χ4v) is 1.00. The molecule has 0 heterocycles. The lowest BCUT2D eigenvalue weighted by Gasteiger charge is -2.03. The Balaban J connectivity index is 0.00000256. The third kappa shape index (κ3) is 5.28. The molecule has 1 aromatic carbocycles. The lowest BCUT2D eigenvalue weighted by atomic mass is 10.3. The maximum atomic E-state index is 12.8. The predicted molar refractivity (Wildman–Crippen MR) is 64.1 cm³/mol. The van der Waals surface area contributed by atoms with E-state index in [0.29, 0.717) is 5.75 Å². The van der Waals surface area contributed by atoms with Crippen molar-refractivity contribution < 1.29 is 14.1 Å². The van der Waals surface area contributed by atoms with Gasteiger partial charge < -0.3 is 10.5 Å².